The summed E-state index contributed by atoms with van der Waals surface area (Å²) in [5, 5.41) is 21.3. The summed E-state index contributed by atoms with van der Waals surface area (Å²) < 4.78 is 54.8. The van der Waals surface area contributed by atoms with Gasteiger partial charge in [0.1, 0.15) is 0 Å². The molecular formula is C56H64Cl4N4O10S2. The molecule has 2 spiro atoms. The van der Waals surface area contributed by atoms with E-state index in [-0.39, 0.29) is 60.1 Å². The number of likely N-dealkylation sites (N-methyl/N-ethyl adjacent to an activating group) is 2. The second-order valence-corrected chi connectivity index (χ2v) is 28.2. The number of nitrogens with zero attached hydrogens (tertiary/aromatic N) is 4. The monoisotopic (exact) mass is 1160 g/mol. The van der Waals surface area contributed by atoms with Crippen LogP contribution in [0.15, 0.2) is 97.1 Å². The minimum absolute atomic E-state index is 0.140. The molecule has 408 valence electrons. The Morgan fingerprint density at radius 2 is 0.895 bits per heavy atom. The minimum atomic E-state index is -3.46. The van der Waals surface area contributed by atoms with E-state index in [0.717, 1.165) is 22.3 Å². The van der Waals surface area contributed by atoms with Crippen LogP contribution in [-0.4, -0.2) is 119 Å². The molecular weight excluding hydrogens is 1090 g/mol. The summed E-state index contributed by atoms with van der Waals surface area (Å²) in [5.74, 6) is -4.40. The van der Waals surface area contributed by atoms with Crippen molar-refractivity contribution in [3.8, 4) is 0 Å². The lowest BCUT2D eigenvalue weighted by atomic mass is 9.72. The summed E-state index contributed by atoms with van der Waals surface area (Å²) in [6, 6.07) is 27.9. The number of sulfonamides is 2. The largest absolute Gasteiger partial charge is 0.481 e. The van der Waals surface area contributed by atoms with Crippen LogP contribution in [0.5, 0.6) is 0 Å². The smallest absolute Gasteiger partial charge is 0.307 e. The number of rotatable bonds is 18. The molecule has 10 rings (SSSR count). The highest BCUT2D eigenvalue weighted by molar-refractivity contribution is 7.90. The van der Waals surface area contributed by atoms with Crippen molar-refractivity contribution in [3.05, 3.63) is 139 Å². The van der Waals surface area contributed by atoms with Gasteiger partial charge in [0.2, 0.25) is 31.9 Å². The normalized spacial score (nSPS) is 28.1. The first kappa shape index (κ1) is 56.5. The van der Waals surface area contributed by atoms with Gasteiger partial charge in [0.25, 0.3) is 0 Å². The molecule has 4 aromatic carbocycles. The first-order chi connectivity index (χ1) is 36.0. The molecule has 2 amide bonds. The molecule has 0 aromatic heterocycles. The number of carboxylic acid groups (broad SMARTS) is 2. The average molecular weight is 1160 g/mol. The van der Waals surface area contributed by atoms with Crippen LogP contribution in [0.3, 0.4) is 0 Å². The number of hydrogen-bond donors (Lipinski definition) is 2. The van der Waals surface area contributed by atoms with Crippen LogP contribution in [0.4, 0.5) is 0 Å². The maximum absolute atomic E-state index is 14.3. The number of carbonyl (C=O) groups excluding carboxylic acids is 2. The number of carbonyl (C=O) groups is 4. The molecule has 6 aliphatic rings. The number of piperidine rings is 2. The third-order valence-corrected chi connectivity index (χ3v) is 22.6. The highest BCUT2D eigenvalue weighted by Crippen LogP contribution is 2.66. The lowest BCUT2D eigenvalue weighted by Gasteiger charge is -2.49. The Morgan fingerprint density at radius 3 is 1.17 bits per heavy atom. The van der Waals surface area contributed by atoms with E-state index in [0.29, 0.717) is 71.5 Å². The fourth-order valence-corrected chi connectivity index (χ4v) is 16.2. The number of carboxylic acids is 2. The lowest BCUT2D eigenvalue weighted by Crippen LogP contribution is -2.56. The van der Waals surface area contributed by atoms with E-state index in [1.165, 1.54) is 8.61 Å². The third kappa shape index (κ3) is 10.9. The van der Waals surface area contributed by atoms with Crippen LogP contribution >= 0.6 is 46.4 Å². The quantitative estimate of drug-likeness (QED) is 0.0970. The minimum Gasteiger partial charge on any atom is -0.481 e. The summed E-state index contributed by atoms with van der Waals surface area (Å²) in [5.41, 5.74) is 1.51. The zero-order valence-corrected chi connectivity index (χ0v) is 47.4. The molecule has 2 N–H and O–H groups in total. The van der Waals surface area contributed by atoms with E-state index in [2.05, 4.69) is 0 Å². The molecule has 4 aliphatic carbocycles. The average Bonchev–Trinajstić information content (AvgIpc) is 4.22. The predicted molar refractivity (Wildman–Crippen MR) is 293 cm³/mol. The first-order valence-corrected chi connectivity index (χ1v) is 30.5. The van der Waals surface area contributed by atoms with Crippen molar-refractivity contribution in [2.24, 2.45) is 22.7 Å². The molecule has 6 fully saturated rings. The molecule has 2 aliphatic heterocycles. The number of likely N-dealkylation sites (tertiary alicyclic amines) is 2. The molecule has 0 radical (unpaired) electrons. The molecule has 10 atom stereocenters. The second-order valence-electron chi connectivity index (χ2n) is 21.8. The Kier molecular flexibility index (Phi) is 16.2. The van der Waals surface area contributed by atoms with E-state index in [1.807, 2.05) is 74.5 Å². The summed E-state index contributed by atoms with van der Waals surface area (Å²) in [4.78, 5) is 56.5. The summed E-state index contributed by atoms with van der Waals surface area (Å²) in [7, 11) is -3.77. The fraction of sp³-hybridized carbons (Fsp3) is 0.500. The van der Waals surface area contributed by atoms with Gasteiger partial charge in [0.15, 0.2) is 0 Å². The molecule has 76 heavy (non-hydrogen) atoms. The highest BCUT2D eigenvalue weighted by Gasteiger charge is 2.70. The van der Waals surface area contributed by atoms with Gasteiger partial charge in [-0.1, -0.05) is 109 Å². The maximum atomic E-state index is 14.3. The number of benzene rings is 4. The van der Waals surface area contributed by atoms with E-state index in [9.17, 15) is 46.2 Å². The van der Waals surface area contributed by atoms with Gasteiger partial charge in [-0.25, -0.2) is 25.4 Å². The molecule has 2 heterocycles. The van der Waals surface area contributed by atoms with Crippen molar-refractivity contribution in [2.75, 3.05) is 27.2 Å². The Balaban J connectivity index is 0.000000186. The Bertz CT molecular complexity index is 2900. The third-order valence-electron chi connectivity index (χ3n) is 17.0. The number of amides is 2. The van der Waals surface area contributed by atoms with Crippen molar-refractivity contribution < 1.29 is 46.2 Å². The molecule has 2 unspecified atom stereocenters. The van der Waals surface area contributed by atoms with Crippen LogP contribution in [-0.2, 0) is 39.2 Å². The maximum Gasteiger partial charge on any atom is 0.307 e. The van der Waals surface area contributed by atoms with Crippen molar-refractivity contribution in [1.82, 2.24) is 18.4 Å². The van der Waals surface area contributed by atoms with E-state index >= 15 is 0 Å². The van der Waals surface area contributed by atoms with Gasteiger partial charge >= 0.3 is 11.9 Å². The van der Waals surface area contributed by atoms with Crippen LogP contribution in [0.2, 0.25) is 20.1 Å². The van der Waals surface area contributed by atoms with Crippen LogP contribution in [0, 0.1) is 22.7 Å². The summed E-state index contributed by atoms with van der Waals surface area (Å²) in [6.45, 7) is 4.15. The standard InChI is InChI=1S/2C28H32Cl2N2O5S/c2*1-3-21(16-31(2)38(36,37)22-11-12-22)32-25(17-7-9-19(29)10-8-17)23(18-5-4-6-20(30)13-18)14-28(27(32)35)15-24(28)26(33)34/h2*4-10,13,21-25H,3,11-12,14-16H2,1-2H3,(H,33,34)/t21-,23+,24+,25?,28-;21-,23+,24-,25?,28-/m00/s1. The molecule has 4 saturated carbocycles. The number of aliphatic carboxylic acids is 2. The molecule has 14 nitrogen and oxygen atoms in total. The highest BCUT2D eigenvalue weighted by atomic mass is 35.5. The van der Waals surface area contributed by atoms with Gasteiger partial charge in [-0.05, 0) is 135 Å². The molecule has 0 bridgehead atoms. The van der Waals surface area contributed by atoms with Crippen molar-refractivity contribution in [2.45, 2.75) is 125 Å². The number of halogens is 4. The Morgan fingerprint density at radius 1 is 0.553 bits per heavy atom. The zero-order valence-electron chi connectivity index (χ0n) is 42.8. The van der Waals surface area contributed by atoms with Gasteiger partial charge in [0.05, 0.1) is 45.2 Å². The van der Waals surface area contributed by atoms with Crippen LogP contribution < -0.4 is 0 Å². The van der Waals surface area contributed by atoms with Gasteiger partial charge < -0.3 is 20.0 Å². The zero-order chi connectivity index (χ0) is 54.8. The van der Waals surface area contributed by atoms with Crippen molar-refractivity contribution >= 4 is 90.2 Å². The summed E-state index contributed by atoms with van der Waals surface area (Å²) in [6.07, 6.45) is 4.93. The Labute approximate surface area is 465 Å². The number of hydrogen-bond acceptors (Lipinski definition) is 8. The van der Waals surface area contributed by atoms with E-state index in [1.54, 1.807) is 60.3 Å². The fourth-order valence-electron chi connectivity index (χ4n) is 12.4. The molecule has 20 heteroatoms. The second kappa shape index (κ2) is 21.8. The van der Waals surface area contributed by atoms with E-state index in [4.69, 9.17) is 46.4 Å². The van der Waals surface area contributed by atoms with Crippen molar-refractivity contribution in [1.29, 1.82) is 0 Å². The van der Waals surface area contributed by atoms with Gasteiger partial charge in [0, 0.05) is 71.2 Å². The Hall–Kier alpha value is -4.26. The van der Waals surface area contributed by atoms with Gasteiger partial charge in [-0.2, -0.15) is 0 Å². The van der Waals surface area contributed by atoms with Gasteiger partial charge in [-0.15, -0.1) is 0 Å². The molecule has 4 aromatic rings. The van der Waals surface area contributed by atoms with Gasteiger partial charge in [-0.3, -0.25) is 19.2 Å². The SMILES string of the molecule is CC[C@@H](CN(C)S(=O)(=O)C1CC1)N1C(=O)[C@@]2(C[C@H](c3cccc(Cl)c3)C1c1ccc(Cl)cc1)C[C@@H]2C(=O)O.CC[C@@H](CN(C)S(=O)(=O)C1CC1)N1C(=O)[C@@]2(C[C@H](c3cccc(Cl)c3)C1c1ccc(Cl)cc1)C[C@H]2C(=O)O. The first-order valence-electron chi connectivity index (χ1n) is 26.0. The topological polar surface area (TPSA) is 190 Å². The predicted octanol–water partition coefficient (Wildman–Crippen LogP) is 10.7. The van der Waals surface area contributed by atoms with Crippen LogP contribution in [0.25, 0.3) is 0 Å². The van der Waals surface area contributed by atoms with Crippen molar-refractivity contribution in [3.63, 3.8) is 0 Å². The molecule has 2 saturated heterocycles. The summed E-state index contributed by atoms with van der Waals surface area (Å²) >= 11 is 25.2. The van der Waals surface area contributed by atoms with Crippen LogP contribution in [0.1, 0.15) is 124 Å². The lowest BCUT2D eigenvalue weighted by molar-refractivity contribution is -0.154. The van der Waals surface area contributed by atoms with E-state index < -0.39 is 78.8 Å².